The molecule has 0 heterocycles. The molecule has 0 aliphatic carbocycles. The molecule has 4 heteroatoms. The lowest BCUT2D eigenvalue weighted by Crippen LogP contribution is -2.17. The van der Waals surface area contributed by atoms with E-state index in [1.165, 1.54) is 12.1 Å². The second-order valence-corrected chi connectivity index (χ2v) is 5.52. The fourth-order valence-corrected chi connectivity index (χ4v) is 2.44. The fourth-order valence-electron chi connectivity index (χ4n) is 2.44. The number of rotatable bonds is 7. The summed E-state index contributed by atoms with van der Waals surface area (Å²) in [7, 11) is 0. The van der Waals surface area contributed by atoms with Crippen LogP contribution in [0.25, 0.3) is 11.1 Å². The Morgan fingerprint density at radius 1 is 1.09 bits per heavy atom. The van der Waals surface area contributed by atoms with Crippen molar-refractivity contribution in [2.24, 2.45) is 0 Å². The third kappa shape index (κ3) is 5.34. The lowest BCUT2D eigenvalue weighted by atomic mass is 9.97. The van der Waals surface area contributed by atoms with Gasteiger partial charge in [0, 0.05) is 6.42 Å². The molecule has 2 N–H and O–H groups in total. The standard InChI is InChI=1S/C19H20FNO2/c1-14(4-2-7-19(22)21-23)12-15-5-3-6-17(13-15)16-8-10-18(20)11-9-16/h3,5-6,8-11,13,23H,1-2,4,7,12H2,(H,21,22). The molecule has 0 saturated heterocycles. The largest absolute Gasteiger partial charge is 0.289 e. The predicted molar refractivity (Wildman–Crippen MR) is 88.5 cm³/mol. The van der Waals surface area contributed by atoms with E-state index in [1.807, 2.05) is 18.2 Å². The first-order chi connectivity index (χ1) is 11.1. The Morgan fingerprint density at radius 3 is 2.52 bits per heavy atom. The molecule has 0 radical (unpaired) electrons. The average molecular weight is 313 g/mol. The molecule has 0 atom stereocenters. The molecule has 2 aromatic carbocycles. The van der Waals surface area contributed by atoms with Crippen molar-refractivity contribution in [3.63, 3.8) is 0 Å². The van der Waals surface area contributed by atoms with Gasteiger partial charge in [0.25, 0.3) is 0 Å². The van der Waals surface area contributed by atoms with E-state index >= 15 is 0 Å². The Labute approximate surface area is 135 Å². The van der Waals surface area contributed by atoms with Gasteiger partial charge in [-0.05, 0) is 48.1 Å². The molecule has 0 aromatic heterocycles. The first kappa shape index (κ1) is 16.9. The van der Waals surface area contributed by atoms with Crippen LogP contribution in [-0.4, -0.2) is 11.1 Å². The van der Waals surface area contributed by atoms with Crippen molar-refractivity contribution in [1.29, 1.82) is 0 Å². The van der Waals surface area contributed by atoms with Crippen molar-refractivity contribution >= 4 is 5.91 Å². The number of hydrogen-bond donors (Lipinski definition) is 2. The number of halogens is 1. The van der Waals surface area contributed by atoms with E-state index in [1.54, 1.807) is 17.6 Å². The maximum atomic E-state index is 13.0. The molecule has 2 rings (SSSR count). The normalized spacial score (nSPS) is 10.3. The monoisotopic (exact) mass is 313 g/mol. The highest BCUT2D eigenvalue weighted by Crippen LogP contribution is 2.22. The number of carbonyl (C=O) groups is 1. The van der Waals surface area contributed by atoms with Crippen molar-refractivity contribution < 1.29 is 14.4 Å². The zero-order chi connectivity index (χ0) is 16.7. The summed E-state index contributed by atoms with van der Waals surface area (Å²) in [6, 6.07) is 14.5. The van der Waals surface area contributed by atoms with Crippen LogP contribution in [-0.2, 0) is 11.2 Å². The summed E-state index contributed by atoms with van der Waals surface area (Å²) in [5.74, 6) is -0.624. The van der Waals surface area contributed by atoms with Crippen molar-refractivity contribution in [1.82, 2.24) is 5.48 Å². The van der Waals surface area contributed by atoms with Crippen LogP contribution in [0, 0.1) is 5.82 Å². The predicted octanol–water partition coefficient (Wildman–Crippen LogP) is 4.27. The van der Waals surface area contributed by atoms with Crippen LogP contribution in [0.2, 0.25) is 0 Å². The van der Waals surface area contributed by atoms with E-state index in [-0.39, 0.29) is 18.1 Å². The van der Waals surface area contributed by atoms with Gasteiger partial charge in [0.2, 0.25) is 5.91 Å². The molecule has 0 bridgehead atoms. The number of amides is 1. The Kier molecular flexibility index (Phi) is 6.06. The summed E-state index contributed by atoms with van der Waals surface area (Å²) in [4.78, 5) is 11.0. The highest BCUT2D eigenvalue weighted by Gasteiger charge is 2.04. The van der Waals surface area contributed by atoms with Gasteiger partial charge in [-0.25, -0.2) is 9.87 Å². The molecular formula is C19H20FNO2. The maximum absolute atomic E-state index is 13.0. The maximum Gasteiger partial charge on any atom is 0.243 e. The van der Waals surface area contributed by atoms with Crippen LogP contribution in [0.3, 0.4) is 0 Å². The Morgan fingerprint density at radius 2 is 1.83 bits per heavy atom. The minimum absolute atomic E-state index is 0.245. The quantitative estimate of drug-likeness (QED) is 0.456. The van der Waals surface area contributed by atoms with Crippen LogP contribution in [0.1, 0.15) is 24.8 Å². The summed E-state index contributed by atoms with van der Waals surface area (Å²) in [6.07, 6.45) is 2.40. The van der Waals surface area contributed by atoms with Crippen molar-refractivity contribution in [2.45, 2.75) is 25.7 Å². The Bertz CT molecular complexity index is 680. The molecule has 0 spiro atoms. The van der Waals surface area contributed by atoms with Gasteiger partial charge in [-0.1, -0.05) is 48.6 Å². The van der Waals surface area contributed by atoms with Crippen molar-refractivity contribution in [3.05, 3.63) is 72.1 Å². The number of benzene rings is 2. The van der Waals surface area contributed by atoms with Gasteiger partial charge in [-0.15, -0.1) is 0 Å². The van der Waals surface area contributed by atoms with E-state index in [4.69, 9.17) is 5.21 Å². The van der Waals surface area contributed by atoms with E-state index in [0.29, 0.717) is 6.42 Å². The summed E-state index contributed by atoms with van der Waals surface area (Å²) >= 11 is 0. The fraction of sp³-hybridized carbons (Fsp3) is 0.211. The molecule has 0 saturated carbocycles. The topological polar surface area (TPSA) is 49.3 Å². The summed E-state index contributed by atoms with van der Waals surface area (Å²) in [5, 5.41) is 8.45. The van der Waals surface area contributed by atoms with Crippen molar-refractivity contribution in [3.8, 4) is 11.1 Å². The average Bonchev–Trinajstić information content (AvgIpc) is 2.55. The second kappa shape index (κ2) is 8.25. The summed E-state index contributed by atoms with van der Waals surface area (Å²) < 4.78 is 13.0. The van der Waals surface area contributed by atoms with Gasteiger partial charge >= 0.3 is 0 Å². The third-order valence-corrected chi connectivity index (χ3v) is 3.62. The SMILES string of the molecule is C=C(CCCC(=O)NO)Cc1cccc(-c2ccc(F)cc2)c1. The summed E-state index contributed by atoms with van der Waals surface area (Å²) in [5.41, 5.74) is 5.79. The van der Waals surface area contributed by atoms with Gasteiger partial charge in [0.15, 0.2) is 0 Å². The first-order valence-electron chi connectivity index (χ1n) is 7.53. The highest BCUT2D eigenvalue weighted by atomic mass is 19.1. The molecule has 1 amide bonds. The smallest absolute Gasteiger partial charge is 0.243 e. The number of allylic oxidation sites excluding steroid dienone is 1. The molecule has 0 aliphatic heterocycles. The Hall–Kier alpha value is -2.46. The van der Waals surface area contributed by atoms with Crippen LogP contribution in [0.15, 0.2) is 60.7 Å². The molecule has 0 unspecified atom stereocenters. The number of nitrogens with one attached hydrogen (secondary N) is 1. The third-order valence-electron chi connectivity index (χ3n) is 3.62. The molecular weight excluding hydrogens is 293 g/mol. The van der Waals surface area contributed by atoms with E-state index < -0.39 is 0 Å². The van der Waals surface area contributed by atoms with Crippen LogP contribution in [0.4, 0.5) is 4.39 Å². The second-order valence-electron chi connectivity index (χ2n) is 5.52. The van der Waals surface area contributed by atoms with Gasteiger partial charge < -0.3 is 0 Å². The lowest BCUT2D eigenvalue weighted by molar-refractivity contribution is -0.129. The number of hydroxylamine groups is 1. The minimum atomic E-state index is -0.379. The van der Waals surface area contributed by atoms with Gasteiger partial charge in [-0.3, -0.25) is 10.0 Å². The van der Waals surface area contributed by atoms with Crippen LogP contribution >= 0.6 is 0 Å². The van der Waals surface area contributed by atoms with Gasteiger partial charge in [0.05, 0.1) is 0 Å². The minimum Gasteiger partial charge on any atom is -0.289 e. The van der Waals surface area contributed by atoms with E-state index in [0.717, 1.165) is 35.1 Å². The molecule has 0 aliphatic rings. The molecule has 3 nitrogen and oxygen atoms in total. The number of hydrogen-bond acceptors (Lipinski definition) is 2. The molecule has 23 heavy (non-hydrogen) atoms. The van der Waals surface area contributed by atoms with E-state index in [9.17, 15) is 9.18 Å². The highest BCUT2D eigenvalue weighted by molar-refractivity contribution is 5.74. The van der Waals surface area contributed by atoms with E-state index in [2.05, 4.69) is 12.6 Å². The van der Waals surface area contributed by atoms with Gasteiger partial charge in [-0.2, -0.15) is 0 Å². The Balaban J connectivity index is 1.96. The van der Waals surface area contributed by atoms with Crippen LogP contribution < -0.4 is 5.48 Å². The van der Waals surface area contributed by atoms with Crippen LogP contribution in [0.5, 0.6) is 0 Å². The first-order valence-corrected chi connectivity index (χ1v) is 7.53. The zero-order valence-electron chi connectivity index (χ0n) is 12.9. The lowest BCUT2D eigenvalue weighted by Gasteiger charge is -2.08. The van der Waals surface area contributed by atoms with Gasteiger partial charge in [0.1, 0.15) is 5.82 Å². The molecule has 0 fully saturated rings. The van der Waals surface area contributed by atoms with Crippen molar-refractivity contribution in [2.75, 3.05) is 0 Å². The summed E-state index contributed by atoms with van der Waals surface area (Å²) in [6.45, 7) is 4.04. The molecule has 120 valence electrons. The molecule has 2 aromatic rings. The zero-order valence-corrected chi connectivity index (χ0v) is 12.9. The number of carbonyl (C=O) groups excluding carboxylic acids is 1.